The molecule has 166 valence electrons. The van der Waals surface area contributed by atoms with Crippen molar-refractivity contribution < 1.29 is 47.5 Å². The van der Waals surface area contributed by atoms with Crippen LogP contribution in [0.25, 0.3) is 0 Å². The first-order chi connectivity index (χ1) is 16.1. The maximum absolute atomic E-state index is 13.4. The van der Waals surface area contributed by atoms with Gasteiger partial charge in [0.25, 0.3) is 7.14 Å². The van der Waals surface area contributed by atoms with E-state index in [0.29, 0.717) is 24.3 Å². The number of rotatable bonds is 2. The van der Waals surface area contributed by atoms with Gasteiger partial charge in [-0.25, -0.2) is 31.6 Å². The minimum absolute atomic E-state index is 0.225. The summed E-state index contributed by atoms with van der Waals surface area (Å²) >= 11 is -1.92. The largest absolute Gasteiger partial charge is 0.370 e. The highest BCUT2D eigenvalue weighted by atomic mass is 127. The average molecular weight is 579 g/mol. The van der Waals surface area contributed by atoms with Crippen molar-refractivity contribution >= 4 is 0 Å². The molecule has 0 fully saturated rings. The van der Waals surface area contributed by atoms with Crippen LogP contribution in [0.5, 0.6) is 0 Å². The molecule has 3 rings (SSSR count). The lowest BCUT2D eigenvalue weighted by atomic mass is 9.86. The van der Waals surface area contributed by atoms with Gasteiger partial charge in [0.05, 0.1) is 18.2 Å². The van der Waals surface area contributed by atoms with Crippen LogP contribution >= 0.6 is 0 Å². The summed E-state index contributed by atoms with van der Waals surface area (Å²) in [7, 11) is 0. The van der Waals surface area contributed by atoms with Crippen LogP contribution in [0.2, 0.25) is 0 Å². The molecule has 0 saturated heterocycles. The van der Waals surface area contributed by atoms with Crippen LogP contribution < -0.4 is 21.2 Å². The minimum atomic E-state index is -1.92. The van der Waals surface area contributed by atoms with Gasteiger partial charge in [-0.3, -0.25) is 5.26 Å². The van der Waals surface area contributed by atoms with E-state index in [1.807, 2.05) is 0 Å². The van der Waals surface area contributed by atoms with E-state index < -0.39 is 68.7 Å². The normalized spacial score (nSPS) is 13.3. The van der Waals surface area contributed by atoms with Gasteiger partial charge in [0.2, 0.25) is 0 Å². The molecular formula is C22H4F6IN5. The number of nitrogens with zero attached hydrogens (tertiary/aromatic N) is 5. The monoisotopic (exact) mass is 579 g/mol. The zero-order valence-corrected chi connectivity index (χ0v) is 18.3. The summed E-state index contributed by atoms with van der Waals surface area (Å²) in [5.41, 5.74) is -2.71. The summed E-state index contributed by atoms with van der Waals surface area (Å²) in [6, 6.07) is 9.72. The summed E-state index contributed by atoms with van der Waals surface area (Å²) in [5, 5.41) is 43.7. The lowest BCUT2D eigenvalue weighted by Crippen LogP contribution is -3.62. The van der Waals surface area contributed by atoms with Crippen molar-refractivity contribution in [2.75, 3.05) is 0 Å². The van der Waals surface area contributed by atoms with Crippen molar-refractivity contribution in [3.05, 3.63) is 89.1 Å². The van der Waals surface area contributed by atoms with E-state index in [0.717, 1.165) is 0 Å². The van der Waals surface area contributed by atoms with Crippen LogP contribution in [0.4, 0.5) is 26.3 Å². The molecule has 0 radical (unpaired) electrons. The molecule has 0 atom stereocenters. The van der Waals surface area contributed by atoms with Gasteiger partial charge in [-0.15, -0.1) is 11.6 Å². The molecule has 0 spiro atoms. The molecule has 1 aliphatic rings. The Balaban J connectivity index is 0.000000248. The third-order valence-corrected chi connectivity index (χ3v) is 7.08. The second-order valence-electron chi connectivity index (χ2n) is 6.02. The molecule has 2 aromatic carbocycles. The zero-order valence-electron chi connectivity index (χ0n) is 16.2. The van der Waals surface area contributed by atoms with Crippen LogP contribution in [-0.2, 0) is 0 Å². The van der Waals surface area contributed by atoms with Crippen LogP contribution in [0, 0.1) is 110 Å². The Morgan fingerprint density at radius 2 is 1.06 bits per heavy atom. The summed E-state index contributed by atoms with van der Waals surface area (Å²) in [4.78, 5) is 0. The molecule has 34 heavy (non-hydrogen) atoms. The minimum Gasteiger partial charge on any atom is -0.285 e. The molecule has 1 aliphatic carbocycles. The first-order valence-corrected chi connectivity index (χ1v) is 10.6. The highest BCUT2D eigenvalue weighted by molar-refractivity contribution is 5.67. The molecule has 0 aromatic heterocycles. The van der Waals surface area contributed by atoms with Crippen molar-refractivity contribution in [1.29, 1.82) is 26.3 Å². The molecule has 12 heteroatoms. The molecule has 0 amide bonds. The van der Waals surface area contributed by atoms with Gasteiger partial charge in [0.1, 0.15) is 17.0 Å². The highest BCUT2D eigenvalue weighted by Crippen LogP contribution is 2.38. The molecule has 0 saturated carbocycles. The van der Waals surface area contributed by atoms with Gasteiger partial charge in [0.15, 0.2) is 23.3 Å². The molecule has 0 aliphatic heterocycles. The maximum Gasteiger partial charge on any atom is 0.370 e. The standard InChI is InChI=1S/C12H4F6I.C10N5/c13-5-1-7(15)11(8(16)2-5)19-12-9(17)3-6(14)4-10(12)18;11-2-7-1-10(5-14,6-15)9(4-13)8(7)3-12/h1-4H;/q+1;-1. The number of nitriles is 5. The van der Waals surface area contributed by atoms with E-state index in [2.05, 4.69) is 6.08 Å². The first-order valence-electron chi connectivity index (χ1n) is 8.44. The number of hydrogen-bond donors (Lipinski definition) is 0. The fraction of sp³-hybridized carbons (Fsp3) is 0.0455. The summed E-state index contributed by atoms with van der Waals surface area (Å²) < 4.78 is 77.7. The van der Waals surface area contributed by atoms with Crippen LogP contribution in [-0.4, -0.2) is 0 Å². The van der Waals surface area contributed by atoms with Crippen molar-refractivity contribution in [1.82, 2.24) is 0 Å². The first kappa shape index (κ1) is 25.9. The van der Waals surface area contributed by atoms with Gasteiger partial charge < -0.3 is 0 Å². The van der Waals surface area contributed by atoms with Crippen molar-refractivity contribution in [2.45, 2.75) is 0 Å². The molecule has 0 heterocycles. The van der Waals surface area contributed by atoms with E-state index in [4.69, 9.17) is 26.3 Å². The molecule has 2 aromatic rings. The lowest BCUT2D eigenvalue weighted by molar-refractivity contribution is -0.609. The van der Waals surface area contributed by atoms with E-state index in [1.54, 1.807) is 30.3 Å². The predicted octanol–water partition coefficient (Wildman–Crippen LogP) is 1.28. The fourth-order valence-corrected chi connectivity index (χ4v) is 4.67. The number of allylic oxidation sites excluding steroid dienone is 4. The summed E-state index contributed by atoms with van der Waals surface area (Å²) in [5.74, 6) is -7.10. The molecular weight excluding hydrogens is 575 g/mol. The Morgan fingerprint density at radius 3 is 1.35 bits per heavy atom. The SMILES string of the molecule is Fc1cc(F)c([I+]c2c(F)cc(F)cc2F)c(F)c1.N#CC1=[C-]C(C#N)(C#N)C(C#N)=C1C#N. The van der Waals surface area contributed by atoms with Crippen LogP contribution in [0.3, 0.4) is 0 Å². The van der Waals surface area contributed by atoms with E-state index in [1.165, 1.54) is 0 Å². The summed E-state index contributed by atoms with van der Waals surface area (Å²) in [6.45, 7) is 0. The van der Waals surface area contributed by atoms with Gasteiger partial charge in [0, 0.05) is 35.9 Å². The van der Waals surface area contributed by atoms with Gasteiger partial charge in [-0.2, -0.15) is 15.8 Å². The van der Waals surface area contributed by atoms with Crippen LogP contribution in [0.15, 0.2) is 41.0 Å². The second-order valence-corrected chi connectivity index (χ2v) is 8.72. The third-order valence-electron chi connectivity index (χ3n) is 3.94. The number of halogens is 7. The van der Waals surface area contributed by atoms with Crippen molar-refractivity contribution in [3.8, 4) is 30.3 Å². The third kappa shape index (κ3) is 5.02. The number of hydrogen-bond acceptors (Lipinski definition) is 5. The lowest BCUT2D eigenvalue weighted by Gasteiger charge is -2.11. The highest BCUT2D eigenvalue weighted by Gasteiger charge is 2.35. The molecule has 0 N–H and O–H groups in total. The van der Waals surface area contributed by atoms with E-state index in [9.17, 15) is 26.3 Å². The Bertz CT molecular complexity index is 1350. The van der Waals surface area contributed by atoms with E-state index >= 15 is 0 Å². The quantitative estimate of drug-likeness (QED) is 0.175. The Morgan fingerprint density at radius 1 is 0.647 bits per heavy atom. The van der Waals surface area contributed by atoms with E-state index in [-0.39, 0.29) is 16.7 Å². The molecule has 5 nitrogen and oxygen atoms in total. The molecule has 0 bridgehead atoms. The van der Waals surface area contributed by atoms with Crippen molar-refractivity contribution in [2.24, 2.45) is 5.41 Å². The van der Waals surface area contributed by atoms with Crippen LogP contribution in [0.1, 0.15) is 0 Å². The van der Waals surface area contributed by atoms with Gasteiger partial charge >= 0.3 is 21.2 Å². The zero-order chi connectivity index (χ0) is 25.6. The smallest absolute Gasteiger partial charge is 0.285 e. The van der Waals surface area contributed by atoms with Gasteiger partial charge in [-0.05, 0) is 5.57 Å². The van der Waals surface area contributed by atoms with Crippen molar-refractivity contribution in [3.63, 3.8) is 0 Å². The molecule has 0 unspecified atom stereocenters. The Kier molecular flexibility index (Phi) is 8.03. The second kappa shape index (κ2) is 10.5. The number of benzene rings is 2. The Labute approximate surface area is 198 Å². The van der Waals surface area contributed by atoms with Gasteiger partial charge in [-0.1, -0.05) is 6.07 Å². The predicted molar refractivity (Wildman–Crippen MR) is 94.3 cm³/mol. The topological polar surface area (TPSA) is 119 Å². The Hall–Kier alpha value is -4.32. The summed E-state index contributed by atoms with van der Waals surface area (Å²) in [6.07, 6.45) is 2.27. The maximum atomic E-state index is 13.4. The fourth-order valence-electron chi connectivity index (χ4n) is 2.48. The average Bonchev–Trinajstić information content (AvgIpc) is 3.11.